The van der Waals surface area contributed by atoms with Crippen LogP contribution >= 0.6 is 0 Å². The SMILES string of the molecule is N/C=N\c1ncccc1CCC[C@H]1C[C@H]2CN(c3ccc(F)cn3)CCN2C1=O. The lowest BCUT2D eigenvalue weighted by molar-refractivity contribution is -0.132. The molecule has 2 saturated heterocycles. The van der Waals surface area contributed by atoms with Crippen molar-refractivity contribution in [3.05, 3.63) is 48.0 Å². The van der Waals surface area contributed by atoms with Crippen LogP contribution in [0.15, 0.2) is 41.7 Å². The van der Waals surface area contributed by atoms with Crippen molar-refractivity contribution in [3.8, 4) is 0 Å². The number of pyridine rings is 2. The van der Waals surface area contributed by atoms with Crippen molar-refractivity contribution in [1.82, 2.24) is 14.9 Å². The molecule has 0 aliphatic carbocycles. The summed E-state index contributed by atoms with van der Waals surface area (Å²) < 4.78 is 13.1. The highest BCUT2D eigenvalue weighted by molar-refractivity contribution is 5.82. The summed E-state index contributed by atoms with van der Waals surface area (Å²) in [5.74, 6) is 1.39. The van der Waals surface area contributed by atoms with Crippen LogP contribution in [0.2, 0.25) is 0 Å². The van der Waals surface area contributed by atoms with Crippen molar-refractivity contribution < 1.29 is 9.18 Å². The van der Waals surface area contributed by atoms with E-state index in [4.69, 9.17) is 5.73 Å². The van der Waals surface area contributed by atoms with Crippen LogP contribution in [0.25, 0.3) is 0 Å². The Kier molecular flexibility index (Phi) is 5.69. The second-order valence-corrected chi connectivity index (χ2v) is 7.56. The lowest BCUT2D eigenvalue weighted by Gasteiger charge is -2.38. The number of halogens is 1. The lowest BCUT2D eigenvalue weighted by Crippen LogP contribution is -2.51. The van der Waals surface area contributed by atoms with Gasteiger partial charge in [0.1, 0.15) is 11.6 Å². The zero-order valence-corrected chi connectivity index (χ0v) is 16.2. The Morgan fingerprint density at radius 3 is 2.97 bits per heavy atom. The van der Waals surface area contributed by atoms with Crippen LogP contribution in [0.1, 0.15) is 24.8 Å². The van der Waals surface area contributed by atoms with E-state index >= 15 is 0 Å². The van der Waals surface area contributed by atoms with Crippen LogP contribution in [0.5, 0.6) is 0 Å². The molecular formula is C21H25FN6O. The summed E-state index contributed by atoms with van der Waals surface area (Å²) in [6.45, 7) is 2.17. The standard InChI is InChI=1S/C21H25FN6O/c22-17-6-7-19(25-12-17)27-9-10-28-18(13-27)11-16(21(28)29)4-1-3-15-5-2-8-24-20(15)26-14-23/h2,5-8,12,14,16,18H,1,3-4,9-11,13H2,(H2,23,24,26)/t16-,18-/m0/s1. The summed E-state index contributed by atoms with van der Waals surface area (Å²) in [6.07, 6.45) is 7.63. The number of anilines is 1. The van der Waals surface area contributed by atoms with E-state index < -0.39 is 0 Å². The van der Waals surface area contributed by atoms with E-state index in [-0.39, 0.29) is 23.7 Å². The molecule has 8 heteroatoms. The summed E-state index contributed by atoms with van der Waals surface area (Å²) in [4.78, 5) is 29.5. The predicted molar refractivity (Wildman–Crippen MR) is 110 cm³/mol. The van der Waals surface area contributed by atoms with Crippen molar-refractivity contribution in [2.45, 2.75) is 31.7 Å². The number of aromatic nitrogens is 2. The largest absolute Gasteiger partial charge is 0.390 e. The fourth-order valence-electron chi connectivity index (χ4n) is 4.37. The third-order valence-corrected chi connectivity index (χ3v) is 5.77. The van der Waals surface area contributed by atoms with E-state index in [1.807, 2.05) is 17.0 Å². The fourth-order valence-corrected chi connectivity index (χ4v) is 4.37. The Labute approximate surface area is 169 Å². The van der Waals surface area contributed by atoms with E-state index in [1.165, 1.54) is 18.6 Å². The molecule has 2 aromatic rings. The van der Waals surface area contributed by atoms with Gasteiger partial charge in [0.25, 0.3) is 0 Å². The Morgan fingerprint density at radius 1 is 1.28 bits per heavy atom. The number of aliphatic imine (C=N–C) groups is 1. The van der Waals surface area contributed by atoms with E-state index in [0.29, 0.717) is 12.4 Å². The van der Waals surface area contributed by atoms with E-state index in [1.54, 1.807) is 12.3 Å². The molecule has 2 aromatic heterocycles. The normalized spacial score (nSPS) is 21.8. The molecule has 2 fully saturated rings. The van der Waals surface area contributed by atoms with Crippen LogP contribution < -0.4 is 10.6 Å². The van der Waals surface area contributed by atoms with Crippen molar-refractivity contribution >= 4 is 23.9 Å². The van der Waals surface area contributed by atoms with Crippen molar-refractivity contribution in [2.24, 2.45) is 16.6 Å². The smallest absolute Gasteiger partial charge is 0.226 e. The molecular weight excluding hydrogens is 371 g/mol. The van der Waals surface area contributed by atoms with Gasteiger partial charge in [-0.2, -0.15) is 0 Å². The summed E-state index contributed by atoms with van der Waals surface area (Å²) in [7, 11) is 0. The Hall–Kier alpha value is -3.03. The number of piperazine rings is 1. The first-order valence-corrected chi connectivity index (χ1v) is 10.0. The molecule has 29 heavy (non-hydrogen) atoms. The number of carbonyl (C=O) groups excluding carboxylic acids is 1. The number of fused-ring (bicyclic) bond motifs is 1. The van der Waals surface area contributed by atoms with Gasteiger partial charge in [-0.25, -0.2) is 19.4 Å². The highest BCUT2D eigenvalue weighted by Gasteiger charge is 2.42. The Bertz CT molecular complexity index is 887. The molecule has 152 valence electrons. The third-order valence-electron chi connectivity index (χ3n) is 5.77. The first-order chi connectivity index (χ1) is 14.2. The average molecular weight is 396 g/mol. The third kappa shape index (κ3) is 4.21. The van der Waals surface area contributed by atoms with Gasteiger partial charge >= 0.3 is 0 Å². The number of nitrogens with zero attached hydrogens (tertiary/aromatic N) is 5. The molecule has 2 atom stereocenters. The van der Waals surface area contributed by atoms with Gasteiger partial charge in [-0.3, -0.25) is 4.79 Å². The van der Waals surface area contributed by atoms with Gasteiger partial charge in [-0.1, -0.05) is 6.07 Å². The lowest BCUT2D eigenvalue weighted by atomic mass is 9.96. The maximum Gasteiger partial charge on any atom is 0.226 e. The molecule has 0 bridgehead atoms. The maximum absolute atomic E-state index is 13.1. The maximum atomic E-state index is 13.1. The number of aryl methyl sites for hydroxylation is 1. The number of hydrogen-bond acceptors (Lipinski definition) is 5. The number of hydrogen-bond donors (Lipinski definition) is 1. The molecule has 4 rings (SSSR count). The van der Waals surface area contributed by atoms with Crippen LogP contribution in [0.3, 0.4) is 0 Å². The van der Waals surface area contributed by atoms with Gasteiger partial charge in [0.05, 0.1) is 18.6 Å². The van der Waals surface area contributed by atoms with Crippen LogP contribution in [0, 0.1) is 11.7 Å². The van der Waals surface area contributed by atoms with E-state index in [0.717, 1.165) is 50.2 Å². The number of amides is 1. The first kappa shape index (κ1) is 19.3. The molecule has 2 aliphatic heterocycles. The zero-order chi connectivity index (χ0) is 20.2. The molecule has 0 aromatic carbocycles. The highest BCUT2D eigenvalue weighted by atomic mass is 19.1. The quantitative estimate of drug-likeness (QED) is 0.598. The highest BCUT2D eigenvalue weighted by Crippen LogP contribution is 2.32. The monoisotopic (exact) mass is 396 g/mol. The predicted octanol–water partition coefficient (Wildman–Crippen LogP) is 2.29. The first-order valence-electron chi connectivity index (χ1n) is 10.0. The molecule has 4 heterocycles. The van der Waals surface area contributed by atoms with Gasteiger partial charge in [0.2, 0.25) is 5.91 Å². The minimum atomic E-state index is -0.336. The molecule has 0 saturated carbocycles. The minimum Gasteiger partial charge on any atom is -0.390 e. The summed E-state index contributed by atoms with van der Waals surface area (Å²) >= 11 is 0. The van der Waals surface area contributed by atoms with Crippen LogP contribution in [-0.4, -0.2) is 52.8 Å². The second-order valence-electron chi connectivity index (χ2n) is 7.56. The number of nitrogens with two attached hydrogens (primary N) is 1. The van der Waals surface area contributed by atoms with E-state index in [9.17, 15) is 9.18 Å². The van der Waals surface area contributed by atoms with Gasteiger partial charge in [0, 0.05) is 31.7 Å². The molecule has 1 amide bonds. The number of rotatable bonds is 6. The minimum absolute atomic E-state index is 0.0549. The zero-order valence-electron chi connectivity index (χ0n) is 16.2. The summed E-state index contributed by atoms with van der Waals surface area (Å²) in [6, 6.07) is 7.23. The molecule has 0 radical (unpaired) electrons. The number of carbonyl (C=O) groups is 1. The molecule has 7 nitrogen and oxygen atoms in total. The van der Waals surface area contributed by atoms with E-state index in [2.05, 4.69) is 19.9 Å². The van der Waals surface area contributed by atoms with Gasteiger partial charge in [0.15, 0.2) is 5.82 Å². The Morgan fingerprint density at radius 2 is 2.17 bits per heavy atom. The van der Waals surface area contributed by atoms with Gasteiger partial charge in [-0.05, 0) is 49.4 Å². The fraction of sp³-hybridized carbons (Fsp3) is 0.429. The summed E-state index contributed by atoms with van der Waals surface area (Å²) in [5, 5.41) is 0. The van der Waals surface area contributed by atoms with Gasteiger partial charge in [-0.15, -0.1) is 0 Å². The van der Waals surface area contributed by atoms with Crippen molar-refractivity contribution in [1.29, 1.82) is 0 Å². The molecule has 0 unspecified atom stereocenters. The van der Waals surface area contributed by atoms with Crippen molar-refractivity contribution in [2.75, 3.05) is 24.5 Å². The molecule has 2 aliphatic rings. The molecule has 0 spiro atoms. The summed E-state index contributed by atoms with van der Waals surface area (Å²) in [5.41, 5.74) is 6.44. The molecule has 2 N–H and O–H groups in total. The van der Waals surface area contributed by atoms with Crippen LogP contribution in [-0.2, 0) is 11.2 Å². The average Bonchev–Trinajstić information content (AvgIpc) is 3.05. The van der Waals surface area contributed by atoms with Crippen molar-refractivity contribution in [3.63, 3.8) is 0 Å². The topological polar surface area (TPSA) is 87.7 Å². The second kappa shape index (κ2) is 8.55. The van der Waals surface area contributed by atoms with Crippen LogP contribution in [0.4, 0.5) is 16.0 Å². The Balaban J connectivity index is 1.33. The van der Waals surface area contributed by atoms with Gasteiger partial charge < -0.3 is 15.5 Å².